The third kappa shape index (κ3) is 5.81. The summed E-state index contributed by atoms with van der Waals surface area (Å²) in [5.74, 6) is 0.402. The van der Waals surface area contributed by atoms with Gasteiger partial charge in [-0.05, 0) is 67.6 Å². The number of anilines is 1. The number of carbonyl (C=O) groups is 2. The van der Waals surface area contributed by atoms with E-state index in [4.69, 9.17) is 4.74 Å². The molecule has 4 rings (SSSR count). The van der Waals surface area contributed by atoms with Crippen molar-refractivity contribution in [2.24, 2.45) is 0 Å². The molecule has 0 radical (unpaired) electrons. The van der Waals surface area contributed by atoms with Gasteiger partial charge in [0.05, 0.1) is 11.5 Å². The quantitative estimate of drug-likeness (QED) is 0.544. The van der Waals surface area contributed by atoms with Crippen LogP contribution in [0.4, 0.5) is 5.69 Å². The largest absolute Gasteiger partial charge is 0.494 e. The zero-order valence-corrected chi connectivity index (χ0v) is 20.2. The van der Waals surface area contributed by atoms with Gasteiger partial charge >= 0.3 is 0 Å². The van der Waals surface area contributed by atoms with E-state index in [0.29, 0.717) is 55.3 Å². The molecule has 182 valence electrons. The summed E-state index contributed by atoms with van der Waals surface area (Å²) in [5.41, 5.74) is 1.45. The first kappa shape index (κ1) is 24.3. The predicted molar refractivity (Wildman–Crippen MR) is 133 cm³/mol. The Morgan fingerprint density at radius 1 is 0.771 bits per heavy atom. The van der Waals surface area contributed by atoms with Crippen LogP contribution in [0.3, 0.4) is 0 Å². The minimum atomic E-state index is -3.77. The van der Waals surface area contributed by atoms with E-state index in [1.54, 1.807) is 58.3 Å². The maximum Gasteiger partial charge on any atom is 0.261 e. The normalized spacial score (nSPS) is 13.9. The van der Waals surface area contributed by atoms with Gasteiger partial charge in [-0.3, -0.25) is 14.3 Å². The average molecular weight is 494 g/mol. The second-order valence-electron chi connectivity index (χ2n) is 8.04. The first-order valence-corrected chi connectivity index (χ1v) is 12.8. The SMILES string of the molecule is CCOc1ccc(S(=O)(=O)Nc2ccc(C(=O)N3CCN(C(=O)c4ccccc4)CC3)cc2)cc1. The fourth-order valence-electron chi connectivity index (χ4n) is 3.84. The summed E-state index contributed by atoms with van der Waals surface area (Å²) in [6, 6.07) is 21.6. The molecule has 0 bridgehead atoms. The van der Waals surface area contributed by atoms with Crippen molar-refractivity contribution in [2.45, 2.75) is 11.8 Å². The molecule has 3 aromatic rings. The van der Waals surface area contributed by atoms with Gasteiger partial charge in [-0.1, -0.05) is 18.2 Å². The molecule has 35 heavy (non-hydrogen) atoms. The fourth-order valence-corrected chi connectivity index (χ4v) is 4.89. The van der Waals surface area contributed by atoms with Gasteiger partial charge in [0.25, 0.3) is 21.8 Å². The Bertz CT molecular complexity index is 1270. The Hall–Kier alpha value is -3.85. The monoisotopic (exact) mass is 493 g/mol. The lowest BCUT2D eigenvalue weighted by molar-refractivity contribution is 0.0535. The van der Waals surface area contributed by atoms with Crippen LogP contribution in [0.1, 0.15) is 27.6 Å². The van der Waals surface area contributed by atoms with Crippen LogP contribution in [-0.4, -0.2) is 62.8 Å². The van der Waals surface area contributed by atoms with Crippen molar-refractivity contribution in [1.29, 1.82) is 0 Å². The minimum absolute atomic E-state index is 0.0399. The standard InChI is InChI=1S/C26H27N3O5S/c1-2-34-23-12-14-24(15-13-23)35(32,33)27-22-10-8-21(9-11-22)26(31)29-18-16-28(17-19-29)25(30)20-6-4-3-5-7-20/h3-15,27H,2,16-19H2,1H3. The van der Waals surface area contributed by atoms with Gasteiger partial charge < -0.3 is 14.5 Å². The molecule has 1 saturated heterocycles. The molecule has 0 unspecified atom stereocenters. The second-order valence-corrected chi connectivity index (χ2v) is 9.72. The van der Waals surface area contributed by atoms with Crippen LogP contribution in [0.25, 0.3) is 0 Å². The number of piperazine rings is 1. The molecule has 9 heteroatoms. The van der Waals surface area contributed by atoms with E-state index in [0.717, 1.165) is 0 Å². The van der Waals surface area contributed by atoms with Gasteiger partial charge in [0.1, 0.15) is 5.75 Å². The maximum absolute atomic E-state index is 12.9. The van der Waals surface area contributed by atoms with E-state index in [1.807, 2.05) is 25.1 Å². The highest BCUT2D eigenvalue weighted by atomic mass is 32.2. The van der Waals surface area contributed by atoms with E-state index >= 15 is 0 Å². The minimum Gasteiger partial charge on any atom is -0.494 e. The Morgan fingerprint density at radius 3 is 1.80 bits per heavy atom. The highest BCUT2D eigenvalue weighted by Crippen LogP contribution is 2.20. The second kappa shape index (κ2) is 10.6. The van der Waals surface area contributed by atoms with Crippen LogP contribution < -0.4 is 9.46 Å². The van der Waals surface area contributed by atoms with E-state index in [-0.39, 0.29) is 16.7 Å². The lowest BCUT2D eigenvalue weighted by Crippen LogP contribution is -2.50. The van der Waals surface area contributed by atoms with Crippen molar-refractivity contribution in [3.63, 3.8) is 0 Å². The van der Waals surface area contributed by atoms with Crippen molar-refractivity contribution >= 4 is 27.5 Å². The number of rotatable bonds is 7. The van der Waals surface area contributed by atoms with E-state index < -0.39 is 10.0 Å². The molecule has 1 fully saturated rings. The van der Waals surface area contributed by atoms with Crippen molar-refractivity contribution in [1.82, 2.24) is 9.80 Å². The van der Waals surface area contributed by atoms with Gasteiger partial charge in [0.15, 0.2) is 0 Å². The Morgan fingerprint density at radius 2 is 1.29 bits per heavy atom. The van der Waals surface area contributed by atoms with Crippen LogP contribution in [0.15, 0.2) is 83.8 Å². The number of sulfonamides is 1. The van der Waals surface area contributed by atoms with Gasteiger partial charge in [0, 0.05) is 43.0 Å². The third-order valence-corrected chi connectivity index (χ3v) is 7.10. The fraction of sp³-hybridized carbons (Fsp3) is 0.231. The smallest absolute Gasteiger partial charge is 0.261 e. The van der Waals surface area contributed by atoms with E-state index in [9.17, 15) is 18.0 Å². The number of benzene rings is 3. The first-order chi connectivity index (χ1) is 16.9. The highest BCUT2D eigenvalue weighted by molar-refractivity contribution is 7.92. The zero-order valence-electron chi connectivity index (χ0n) is 19.4. The molecule has 0 saturated carbocycles. The van der Waals surface area contributed by atoms with Crippen molar-refractivity contribution in [3.8, 4) is 5.75 Å². The Kier molecular flexibility index (Phi) is 7.36. The molecule has 0 aliphatic carbocycles. The lowest BCUT2D eigenvalue weighted by atomic mass is 10.1. The van der Waals surface area contributed by atoms with Crippen molar-refractivity contribution in [2.75, 3.05) is 37.5 Å². The Labute approximate surface area is 205 Å². The summed E-state index contributed by atoms with van der Waals surface area (Å²) in [6.45, 7) is 4.14. The third-order valence-electron chi connectivity index (χ3n) is 5.70. The number of nitrogens with one attached hydrogen (secondary N) is 1. The molecule has 1 N–H and O–H groups in total. The number of amides is 2. The summed E-state index contributed by atoms with van der Waals surface area (Å²) >= 11 is 0. The summed E-state index contributed by atoms with van der Waals surface area (Å²) in [7, 11) is -3.77. The average Bonchev–Trinajstić information content (AvgIpc) is 2.89. The molecular formula is C26H27N3O5S. The highest BCUT2D eigenvalue weighted by Gasteiger charge is 2.25. The molecular weight excluding hydrogens is 466 g/mol. The van der Waals surface area contributed by atoms with Gasteiger partial charge in [-0.2, -0.15) is 0 Å². The molecule has 2 amide bonds. The van der Waals surface area contributed by atoms with Crippen molar-refractivity contribution in [3.05, 3.63) is 90.0 Å². The van der Waals surface area contributed by atoms with Crippen LogP contribution in [0, 0.1) is 0 Å². The molecule has 1 heterocycles. The van der Waals surface area contributed by atoms with Gasteiger partial charge in [-0.15, -0.1) is 0 Å². The van der Waals surface area contributed by atoms with Crippen LogP contribution >= 0.6 is 0 Å². The zero-order chi connectivity index (χ0) is 24.8. The molecule has 8 nitrogen and oxygen atoms in total. The van der Waals surface area contributed by atoms with E-state index in [1.165, 1.54) is 12.1 Å². The summed E-state index contributed by atoms with van der Waals surface area (Å²) in [4.78, 5) is 29.1. The van der Waals surface area contributed by atoms with E-state index in [2.05, 4.69) is 4.72 Å². The summed E-state index contributed by atoms with van der Waals surface area (Å²) in [5, 5.41) is 0. The summed E-state index contributed by atoms with van der Waals surface area (Å²) in [6.07, 6.45) is 0. The molecule has 0 spiro atoms. The van der Waals surface area contributed by atoms with Gasteiger partial charge in [0.2, 0.25) is 0 Å². The molecule has 3 aromatic carbocycles. The van der Waals surface area contributed by atoms with Crippen LogP contribution in [0.5, 0.6) is 5.75 Å². The molecule has 1 aliphatic rings. The molecule has 0 atom stereocenters. The summed E-state index contributed by atoms with van der Waals surface area (Å²) < 4.78 is 33.2. The van der Waals surface area contributed by atoms with Gasteiger partial charge in [-0.25, -0.2) is 8.42 Å². The lowest BCUT2D eigenvalue weighted by Gasteiger charge is -2.35. The number of ether oxygens (including phenoxy) is 1. The predicted octanol–water partition coefficient (Wildman–Crippen LogP) is 3.48. The topological polar surface area (TPSA) is 96.0 Å². The first-order valence-electron chi connectivity index (χ1n) is 11.4. The molecule has 0 aromatic heterocycles. The molecule has 1 aliphatic heterocycles. The number of hydrogen-bond acceptors (Lipinski definition) is 5. The Balaban J connectivity index is 1.34. The van der Waals surface area contributed by atoms with Crippen LogP contribution in [0.2, 0.25) is 0 Å². The number of hydrogen-bond donors (Lipinski definition) is 1. The number of nitrogens with zero attached hydrogens (tertiary/aromatic N) is 2. The van der Waals surface area contributed by atoms with Crippen molar-refractivity contribution < 1.29 is 22.7 Å². The van der Waals surface area contributed by atoms with Crippen LogP contribution in [-0.2, 0) is 10.0 Å². The maximum atomic E-state index is 12.9. The number of carbonyl (C=O) groups excluding carboxylic acids is 2.